The number of esters is 1. The molecule has 0 spiro atoms. The molecule has 0 aromatic carbocycles. The first-order valence-corrected chi connectivity index (χ1v) is 5.42. The van der Waals surface area contributed by atoms with Gasteiger partial charge in [0, 0.05) is 6.92 Å². The zero-order chi connectivity index (χ0) is 10.7. The summed E-state index contributed by atoms with van der Waals surface area (Å²) in [5.41, 5.74) is 1.43. The predicted molar refractivity (Wildman–Crippen MR) is 56.9 cm³/mol. The van der Waals surface area contributed by atoms with Gasteiger partial charge in [-0.15, -0.1) is 0 Å². The van der Waals surface area contributed by atoms with Gasteiger partial charge in [0.25, 0.3) is 0 Å². The lowest BCUT2D eigenvalue weighted by Crippen LogP contribution is -2.28. The highest BCUT2D eigenvalue weighted by Gasteiger charge is 2.26. The van der Waals surface area contributed by atoms with Gasteiger partial charge >= 0.3 is 5.97 Å². The van der Waals surface area contributed by atoms with E-state index in [1.54, 1.807) is 0 Å². The third-order valence-electron chi connectivity index (χ3n) is 3.01. The maximum absolute atomic E-state index is 10.9. The third kappa shape index (κ3) is 2.60. The van der Waals surface area contributed by atoms with E-state index in [4.69, 9.17) is 4.74 Å². The fraction of sp³-hybridized carbons (Fsp3) is 0.750. The molecule has 0 aliphatic heterocycles. The number of hydrogen-bond donors (Lipinski definition) is 0. The summed E-state index contributed by atoms with van der Waals surface area (Å²) in [4.78, 5) is 10.9. The maximum atomic E-state index is 10.9. The largest absolute Gasteiger partial charge is 0.458 e. The van der Waals surface area contributed by atoms with Gasteiger partial charge < -0.3 is 4.74 Å². The Morgan fingerprint density at radius 1 is 1.57 bits per heavy atom. The van der Waals surface area contributed by atoms with Gasteiger partial charge in [-0.3, -0.25) is 4.79 Å². The Morgan fingerprint density at radius 3 is 2.71 bits per heavy atom. The monoisotopic (exact) mass is 196 g/mol. The van der Waals surface area contributed by atoms with Crippen LogP contribution in [0.15, 0.2) is 11.6 Å². The van der Waals surface area contributed by atoms with Gasteiger partial charge in [-0.25, -0.2) is 0 Å². The van der Waals surface area contributed by atoms with Crippen LogP contribution in [0.25, 0.3) is 0 Å². The Kier molecular flexibility index (Phi) is 3.73. The lowest BCUT2D eigenvalue weighted by atomic mass is 9.80. The van der Waals surface area contributed by atoms with Crippen molar-refractivity contribution in [3.8, 4) is 0 Å². The predicted octanol–water partition coefficient (Wildman–Crippen LogP) is 2.93. The molecule has 1 aliphatic carbocycles. The summed E-state index contributed by atoms with van der Waals surface area (Å²) in [6, 6.07) is 0. The van der Waals surface area contributed by atoms with Crippen LogP contribution in [-0.2, 0) is 9.53 Å². The van der Waals surface area contributed by atoms with Crippen molar-refractivity contribution >= 4 is 5.97 Å². The summed E-state index contributed by atoms with van der Waals surface area (Å²) >= 11 is 0. The van der Waals surface area contributed by atoms with Gasteiger partial charge in [-0.2, -0.15) is 0 Å². The molecule has 14 heavy (non-hydrogen) atoms. The average Bonchev–Trinajstić information content (AvgIpc) is 2.09. The lowest BCUT2D eigenvalue weighted by Gasteiger charge is -2.31. The van der Waals surface area contributed by atoms with Crippen molar-refractivity contribution in [1.82, 2.24) is 0 Å². The minimum atomic E-state index is -0.178. The van der Waals surface area contributed by atoms with E-state index in [1.807, 2.05) is 0 Å². The standard InChI is InChI=1S/C12H20O2/c1-5-11-7-12(14-10(4)13)9(3)6-8(11)2/h7-9,12H,5-6H2,1-4H3/t8-,9+,12+/m0/s1. The molecule has 0 bridgehead atoms. The molecule has 0 N–H and O–H groups in total. The van der Waals surface area contributed by atoms with Crippen molar-refractivity contribution < 1.29 is 9.53 Å². The van der Waals surface area contributed by atoms with Crippen molar-refractivity contribution in [2.45, 2.75) is 46.6 Å². The first-order valence-electron chi connectivity index (χ1n) is 5.42. The summed E-state index contributed by atoms with van der Waals surface area (Å²) < 4.78 is 5.27. The number of carbonyl (C=O) groups excluding carboxylic acids is 1. The number of hydrogen-bond acceptors (Lipinski definition) is 2. The Bertz CT molecular complexity index is 243. The minimum absolute atomic E-state index is 0.00125. The van der Waals surface area contributed by atoms with Gasteiger partial charge in [0.05, 0.1) is 0 Å². The van der Waals surface area contributed by atoms with Crippen molar-refractivity contribution in [2.75, 3.05) is 0 Å². The molecule has 2 heteroatoms. The highest BCUT2D eigenvalue weighted by Crippen LogP contribution is 2.31. The van der Waals surface area contributed by atoms with Gasteiger partial charge in [0.15, 0.2) is 0 Å². The zero-order valence-corrected chi connectivity index (χ0v) is 9.54. The molecule has 0 saturated heterocycles. The van der Waals surface area contributed by atoms with Gasteiger partial charge in [-0.1, -0.05) is 26.3 Å². The Labute approximate surface area is 86.3 Å². The zero-order valence-electron chi connectivity index (χ0n) is 9.54. The fourth-order valence-corrected chi connectivity index (χ4v) is 2.19. The van der Waals surface area contributed by atoms with E-state index in [2.05, 4.69) is 26.8 Å². The SMILES string of the molecule is CCC1=C[C@@H](OC(C)=O)[C@H](C)C[C@@H]1C. The Hall–Kier alpha value is -0.790. The summed E-state index contributed by atoms with van der Waals surface area (Å²) in [6.45, 7) is 8.02. The number of rotatable bonds is 2. The molecule has 3 atom stereocenters. The lowest BCUT2D eigenvalue weighted by molar-refractivity contribution is -0.146. The second kappa shape index (κ2) is 4.63. The molecule has 0 amide bonds. The van der Waals surface area contributed by atoms with Crippen LogP contribution in [0.1, 0.15) is 40.5 Å². The van der Waals surface area contributed by atoms with E-state index in [0.717, 1.165) is 12.8 Å². The first-order chi connectivity index (χ1) is 6.54. The van der Waals surface area contributed by atoms with Gasteiger partial charge in [0.1, 0.15) is 6.10 Å². The number of ether oxygens (including phenoxy) is 1. The second-order valence-electron chi connectivity index (χ2n) is 4.28. The molecular formula is C12H20O2. The molecule has 0 heterocycles. The van der Waals surface area contributed by atoms with E-state index in [1.165, 1.54) is 12.5 Å². The summed E-state index contributed by atoms with van der Waals surface area (Å²) in [5, 5.41) is 0. The Balaban J connectivity index is 2.74. The smallest absolute Gasteiger partial charge is 0.303 e. The molecule has 1 rings (SSSR count). The van der Waals surface area contributed by atoms with Crippen molar-refractivity contribution in [3.63, 3.8) is 0 Å². The van der Waals surface area contributed by atoms with Crippen LogP contribution in [0.3, 0.4) is 0 Å². The van der Waals surface area contributed by atoms with Crippen LogP contribution in [-0.4, -0.2) is 12.1 Å². The molecule has 0 radical (unpaired) electrons. The fourth-order valence-electron chi connectivity index (χ4n) is 2.19. The average molecular weight is 196 g/mol. The summed E-state index contributed by atoms with van der Waals surface area (Å²) in [7, 11) is 0. The molecule has 2 nitrogen and oxygen atoms in total. The quantitative estimate of drug-likeness (QED) is 0.501. The van der Waals surface area contributed by atoms with Crippen LogP contribution in [0.4, 0.5) is 0 Å². The van der Waals surface area contributed by atoms with E-state index >= 15 is 0 Å². The summed E-state index contributed by atoms with van der Waals surface area (Å²) in [5.74, 6) is 0.911. The van der Waals surface area contributed by atoms with Crippen LogP contribution in [0.2, 0.25) is 0 Å². The molecular weight excluding hydrogens is 176 g/mol. The van der Waals surface area contributed by atoms with Crippen molar-refractivity contribution in [3.05, 3.63) is 11.6 Å². The van der Waals surface area contributed by atoms with E-state index < -0.39 is 0 Å². The maximum Gasteiger partial charge on any atom is 0.303 e. The number of carbonyl (C=O) groups is 1. The molecule has 0 saturated carbocycles. The van der Waals surface area contributed by atoms with Crippen LogP contribution < -0.4 is 0 Å². The molecule has 0 unspecified atom stereocenters. The van der Waals surface area contributed by atoms with Crippen molar-refractivity contribution in [1.29, 1.82) is 0 Å². The van der Waals surface area contributed by atoms with Crippen LogP contribution in [0.5, 0.6) is 0 Å². The second-order valence-corrected chi connectivity index (χ2v) is 4.28. The van der Waals surface area contributed by atoms with E-state index in [9.17, 15) is 4.79 Å². The molecule has 0 aromatic rings. The first kappa shape index (κ1) is 11.3. The third-order valence-corrected chi connectivity index (χ3v) is 3.01. The van der Waals surface area contributed by atoms with Crippen LogP contribution in [0, 0.1) is 11.8 Å². The Morgan fingerprint density at radius 2 is 2.21 bits per heavy atom. The highest BCUT2D eigenvalue weighted by atomic mass is 16.5. The van der Waals surface area contributed by atoms with Gasteiger partial charge in [0.2, 0.25) is 0 Å². The van der Waals surface area contributed by atoms with Crippen LogP contribution >= 0.6 is 0 Å². The van der Waals surface area contributed by atoms with Gasteiger partial charge in [-0.05, 0) is 30.8 Å². The minimum Gasteiger partial charge on any atom is -0.458 e. The topological polar surface area (TPSA) is 26.3 Å². The normalized spacial score (nSPS) is 32.3. The molecule has 1 aliphatic rings. The highest BCUT2D eigenvalue weighted by molar-refractivity contribution is 5.66. The number of allylic oxidation sites excluding steroid dienone is 1. The molecule has 0 fully saturated rings. The molecule has 0 aromatic heterocycles. The molecule has 80 valence electrons. The van der Waals surface area contributed by atoms with E-state index in [0.29, 0.717) is 11.8 Å². The van der Waals surface area contributed by atoms with Crippen molar-refractivity contribution in [2.24, 2.45) is 11.8 Å². The van der Waals surface area contributed by atoms with E-state index in [-0.39, 0.29) is 12.1 Å². The summed E-state index contributed by atoms with van der Waals surface area (Å²) in [6.07, 6.45) is 4.32.